The van der Waals surface area contributed by atoms with E-state index in [0.29, 0.717) is 0 Å². The summed E-state index contributed by atoms with van der Waals surface area (Å²) < 4.78 is 7.29. The molecule has 1 atom stereocenters. The SMILES string of the molecule is [2H]CCC(C(=O)O)C(=O)NOC(c1ccccc1)(c1ccccc1)c1ccccc1. The van der Waals surface area contributed by atoms with Crippen LogP contribution in [-0.2, 0) is 20.0 Å². The summed E-state index contributed by atoms with van der Waals surface area (Å²) in [6.07, 6.45) is -0.0977. The second-order valence-corrected chi connectivity index (χ2v) is 6.53. The van der Waals surface area contributed by atoms with Crippen molar-refractivity contribution in [3.05, 3.63) is 108 Å². The highest BCUT2D eigenvalue weighted by molar-refractivity contribution is 5.96. The van der Waals surface area contributed by atoms with Crippen LogP contribution in [0, 0.1) is 5.92 Å². The molecule has 3 aromatic carbocycles. The number of amides is 1. The zero-order valence-electron chi connectivity index (χ0n) is 16.8. The zero-order chi connectivity index (χ0) is 21.4. The molecule has 5 heteroatoms. The molecule has 0 heterocycles. The molecule has 0 fully saturated rings. The molecule has 2 N–H and O–H groups in total. The van der Waals surface area contributed by atoms with E-state index < -0.39 is 23.4 Å². The molecule has 0 radical (unpaired) electrons. The minimum Gasteiger partial charge on any atom is -0.481 e. The summed E-state index contributed by atoms with van der Waals surface area (Å²) in [4.78, 5) is 30.2. The lowest BCUT2D eigenvalue weighted by atomic mass is 9.80. The minimum absolute atomic E-state index is 0.0977. The molecule has 1 unspecified atom stereocenters. The standard InChI is InChI=1S/C24H23NO4/c1-2-21(23(27)28)22(26)25-29-24(18-12-6-3-7-13-18,19-14-8-4-9-15-19)20-16-10-5-11-17-20/h3-17,21H,2H2,1H3,(H,25,26)(H,27,28)/i1D. The Morgan fingerprint density at radius 2 is 1.31 bits per heavy atom. The van der Waals surface area contributed by atoms with Gasteiger partial charge < -0.3 is 5.11 Å². The lowest BCUT2D eigenvalue weighted by Crippen LogP contribution is -2.43. The van der Waals surface area contributed by atoms with Gasteiger partial charge in [0.05, 0.1) is 0 Å². The van der Waals surface area contributed by atoms with Crippen LogP contribution in [0.1, 0.15) is 31.4 Å². The van der Waals surface area contributed by atoms with Gasteiger partial charge in [-0.3, -0.25) is 14.4 Å². The predicted molar refractivity (Wildman–Crippen MR) is 110 cm³/mol. The number of hydrogen-bond donors (Lipinski definition) is 2. The zero-order valence-corrected chi connectivity index (χ0v) is 15.8. The van der Waals surface area contributed by atoms with Gasteiger partial charge in [-0.25, -0.2) is 5.48 Å². The van der Waals surface area contributed by atoms with Gasteiger partial charge in [0, 0.05) is 1.37 Å². The van der Waals surface area contributed by atoms with Crippen molar-refractivity contribution in [2.24, 2.45) is 5.92 Å². The monoisotopic (exact) mass is 390 g/mol. The van der Waals surface area contributed by atoms with Gasteiger partial charge in [0.25, 0.3) is 5.91 Å². The quantitative estimate of drug-likeness (QED) is 0.344. The molecule has 148 valence electrons. The highest BCUT2D eigenvalue weighted by atomic mass is 16.7. The number of carboxylic acid groups (broad SMARTS) is 1. The number of carboxylic acids is 1. The molecule has 0 bridgehead atoms. The molecular formula is C24H23NO4. The van der Waals surface area contributed by atoms with Crippen LogP contribution in [0.5, 0.6) is 0 Å². The molecular weight excluding hydrogens is 366 g/mol. The maximum atomic E-state index is 12.6. The van der Waals surface area contributed by atoms with Crippen molar-refractivity contribution in [2.45, 2.75) is 18.9 Å². The molecule has 0 spiro atoms. The highest BCUT2D eigenvalue weighted by Crippen LogP contribution is 2.39. The average molecular weight is 390 g/mol. The van der Waals surface area contributed by atoms with Crippen LogP contribution in [0.3, 0.4) is 0 Å². The van der Waals surface area contributed by atoms with Crippen LogP contribution >= 0.6 is 0 Å². The van der Waals surface area contributed by atoms with E-state index in [2.05, 4.69) is 5.48 Å². The Hall–Kier alpha value is -3.44. The number of rotatable bonds is 8. The molecule has 1 amide bonds. The van der Waals surface area contributed by atoms with Gasteiger partial charge >= 0.3 is 5.97 Å². The van der Waals surface area contributed by atoms with E-state index >= 15 is 0 Å². The molecule has 29 heavy (non-hydrogen) atoms. The summed E-state index contributed by atoms with van der Waals surface area (Å²) in [6, 6.07) is 28.3. The first kappa shape index (κ1) is 18.9. The van der Waals surface area contributed by atoms with E-state index in [1.807, 2.05) is 91.0 Å². The van der Waals surface area contributed by atoms with Gasteiger partial charge in [-0.1, -0.05) is 97.9 Å². The molecule has 3 aromatic rings. The summed E-state index contributed by atoms with van der Waals surface area (Å²) in [5.41, 5.74) is 3.51. The van der Waals surface area contributed by atoms with Crippen molar-refractivity contribution in [1.29, 1.82) is 0 Å². The molecule has 5 nitrogen and oxygen atoms in total. The van der Waals surface area contributed by atoms with Crippen molar-refractivity contribution in [3.63, 3.8) is 0 Å². The second kappa shape index (κ2) is 9.17. The number of carbonyl (C=O) groups is 2. The Morgan fingerprint density at radius 3 is 1.66 bits per heavy atom. The molecule has 0 saturated heterocycles. The van der Waals surface area contributed by atoms with Crippen molar-refractivity contribution in [3.8, 4) is 0 Å². The smallest absolute Gasteiger partial charge is 0.316 e. The lowest BCUT2D eigenvalue weighted by molar-refractivity contribution is -0.157. The van der Waals surface area contributed by atoms with Crippen LogP contribution in [-0.4, -0.2) is 17.0 Å². The molecule has 3 rings (SSSR count). The van der Waals surface area contributed by atoms with E-state index in [4.69, 9.17) is 6.21 Å². The number of nitrogens with one attached hydrogen (secondary N) is 1. The fourth-order valence-corrected chi connectivity index (χ4v) is 3.26. The first-order valence-corrected chi connectivity index (χ1v) is 9.26. The Bertz CT molecular complexity index is 868. The van der Waals surface area contributed by atoms with E-state index in [9.17, 15) is 14.7 Å². The third-order valence-electron chi connectivity index (χ3n) is 4.75. The summed E-state index contributed by atoms with van der Waals surface area (Å²) in [6.45, 7) is -0.175. The summed E-state index contributed by atoms with van der Waals surface area (Å²) >= 11 is 0. The lowest BCUT2D eigenvalue weighted by Gasteiger charge is -2.35. The number of aliphatic carboxylic acids is 1. The van der Waals surface area contributed by atoms with Gasteiger partial charge in [-0.05, 0) is 23.1 Å². The third kappa shape index (κ3) is 4.20. The largest absolute Gasteiger partial charge is 0.481 e. The summed E-state index contributed by atoms with van der Waals surface area (Å²) in [7, 11) is 0. The average Bonchev–Trinajstić information content (AvgIpc) is 2.79. The van der Waals surface area contributed by atoms with Gasteiger partial charge in [-0.15, -0.1) is 0 Å². The molecule has 0 aliphatic heterocycles. The number of hydrogen-bond acceptors (Lipinski definition) is 3. The van der Waals surface area contributed by atoms with Crippen LogP contribution < -0.4 is 5.48 Å². The molecule has 0 aliphatic carbocycles. The van der Waals surface area contributed by atoms with E-state index in [0.717, 1.165) is 16.7 Å². The Kier molecular flexibility index (Phi) is 5.98. The number of hydroxylamine groups is 1. The normalized spacial score (nSPS) is 12.6. The van der Waals surface area contributed by atoms with Crippen molar-refractivity contribution in [2.75, 3.05) is 0 Å². The van der Waals surface area contributed by atoms with Crippen LogP contribution in [0.15, 0.2) is 91.0 Å². The van der Waals surface area contributed by atoms with Crippen LogP contribution in [0.4, 0.5) is 0 Å². The molecule has 0 aliphatic rings. The predicted octanol–water partition coefficient (Wildman–Crippen LogP) is 4.14. The van der Waals surface area contributed by atoms with Gasteiger partial charge in [0.1, 0.15) is 5.92 Å². The molecule has 0 saturated carbocycles. The van der Waals surface area contributed by atoms with E-state index in [-0.39, 0.29) is 13.3 Å². The van der Waals surface area contributed by atoms with Gasteiger partial charge in [0.2, 0.25) is 0 Å². The Labute approximate surface area is 171 Å². The third-order valence-corrected chi connectivity index (χ3v) is 4.75. The van der Waals surface area contributed by atoms with Crippen molar-refractivity contribution >= 4 is 11.9 Å². The van der Waals surface area contributed by atoms with Gasteiger partial charge in [-0.2, -0.15) is 0 Å². The first-order valence-electron chi connectivity index (χ1n) is 9.96. The van der Waals surface area contributed by atoms with E-state index in [1.54, 1.807) is 0 Å². The Morgan fingerprint density at radius 1 is 0.897 bits per heavy atom. The Balaban J connectivity index is 2.10. The number of carbonyl (C=O) groups excluding carboxylic acids is 1. The maximum Gasteiger partial charge on any atom is 0.316 e. The second-order valence-electron chi connectivity index (χ2n) is 6.53. The van der Waals surface area contributed by atoms with Crippen LogP contribution in [0.2, 0.25) is 0 Å². The fraction of sp³-hybridized carbons (Fsp3) is 0.167. The number of benzene rings is 3. The van der Waals surface area contributed by atoms with Crippen LogP contribution in [0.25, 0.3) is 0 Å². The fourth-order valence-electron chi connectivity index (χ4n) is 3.26. The van der Waals surface area contributed by atoms with E-state index in [1.165, 1.54) is 0 Å². The minimum atomic E-state index is -1.36. The first-order chi connectivity index (χ1) is 14.6. The summed E-state index contributed by atoms with van der Waals surface area (Å²) in [5.74, 6) is -3.43. The van der Waals surface area contributed by atoms with Crippen molar-refractivity contribution in [1.82, 2.24) is 5.48 Å². The molecule has 0 aromatic heterocycles. The summed E-state index contributed by atoms with van der Waals surface area (Å²) in [5, 5.41) is 9.36. The van der Waals surface area contributed by atoms with Crippen molar-refractivity contribution < 1.29 is 20.9 Å². The topological polar surface area (TPSA) is 75.6 Å². The highest BCUT2D eigenvalue weighted by Gasteiger charge is 2.39. The maximum absolute atomic E-state index is 12.6. The van der Waals surface area contributed by atoms with Gasteiger partial charge in [0.15, 0.2) is 5.60 Å².